The standard InChI is InChI=1S/C17H16F3NO2S/c1-21(10-11-23-14-6-4-13(18)5-7-14)16(22)12-2-8-15(9-3-12)24-17(19)20/h2-9,17H,10-11H2,1H3. The maximum atomic E-state index is 12.8. The Morgan fingerprint density at radius 3 is 2.33 bits per heavy atom. The fraction of sp³-hybridized carbons (Fsp3) is 0.235. The van der Waals surface area contributed by atoms with Gasteiger partial charge in [0.25, 0.3) is 11.7 Å². The first kappa shape index (κ1) is 18.2. The molecule has 0 atom stereocenters. The van der Waals surface area contributed by atoms with Crippen LogP contribution in [0.15, 0.2) is 53.4 Å². The monoisotopic (exact) mass is 355 g/mol. The number of carbonyl (C=O) groups is 1. The Hall–Kier alpha value is -2.15. The minimum Gasteiger partial charge on any atom is -0.492 e. The zero-order chi connectivity index (χ0) is 17.5. The molecule has 128 valence electrons. The third-order valence-corrected chi connectivity index (χ3v) is 3.90. The second kappa shape index (κ2) is 8.63. The molecule has 1 amide bonds. The SMILES string of the molecule is CN(CCOc1ccc(F)cc1)C(=O)c1ccc(SC(F)F)cc1. The minimum absolute atomic E-state index is 0.230. The van der Waals surface area contributed by atoms with E-state index in [2.05, 4.69) is 0 Å². The highest BCUT2D eigenvalue weighted by Crippen LogP contribution is 2.25. The van der Waals surface area contributed by atoms with Gasteiger partial charge in [0.2, 0.25) is 0 Å². The molecule has 0 aromatic heterocycles. The normalized spacial score (nSPS) is 10.7. The fourth-order valence-electron chi connectivity index (χ4n) is 1.93. The number of hydrogen-bond donors (Lipinski definition) is 0. The van der Waals surface area contributed by atoms with Gasteiger partial charge in [-0.3, -0.25) is 4.79 Å². The predicted octanol–water partition coefficient (Wildman–Crippen LogP) is 4.29. The van der Waals surface area contributed by atoms with Gasteiger partial charge >= 0.3 is 0 Å². The lowest BCUT2D eigenvalue weighted by Crippen LogP contribution is -2.30. The van der Waals surface area contributed by atoms with E-state index in [4.69, 9.17) is 4.74 Å². The van der Waals surface area contributed by atoms with E-state index in [0.29, 0.717) is 34.5 Å². The van der Waals surface area contributed by atoms with Gasteiger partial charge in [-0.05, 0) is 48.5 Å². The largest absolute Gasteiger partial charge is 0.492 e. The van der Waals surface area contributed by atoms with Crippen LogP contribution in [0.1, 0.15) is 10.4 Å². The first-order valence-electron chi connectivity index (χ1n) is 7.14. The number of thioether (sulfide) groups is 1. The number of carbonyl (C=O) groups excluding carboxylic acids is 1. The van der Waals surface area contributed by atoms with Crippen LogP contribution in [0.5, 0.6) is 5.75 Å². The molecule has 3 nitrogen and oxygen atoms in total. The fourth-order valence-corrected chi connectivity index (χ4v) is 2.43. The third kappa shape index (κ3) is 5.49. The van der Waals surface area contributed by atoms with Crippen molar-refractivity contribution in [3.05, 3.63) is 59.9 Å². The number of halogens is 3. The molecule has 0 aliphatic carbocycles. The second-order valence-electron chi connectivity index (χ2n) is 4.93. The molecule has 24 heavy (non-hydrogen) atoms. The van der Waals surface area contributed by atoms with E-state index in [-0.39, 0.29) is 18.3 Å². The first-order chi connectivity index (χ1) is 11.5. The summed E-state index contributed by atoms with van der Waals surface area (Å²) in [7, 11) is 1.62. The predicted molar refractivity (Wildman–Crippen MR) is 87.2 cm³/mol. The Bertz CT molecular complexity index is 663. The molecule has 0 bridgehead atoms. The molecule has 0 aliphatic heterocycles. The Balaban J connectivity index is 1.84. The quantitative estimate of drug-likeness (QED) is 0.694. The average Bonchev–Trinajstić information content (AvgIpc) is 2.56. The zero-order valence-corrected chi connectivity index (χ0v) is 13.7. The second-order valence-corrected chi connectivity index (χ2v) is 6.00. The van der Waals surface area contributed by atoms with Gasteiger partial charge < -0.3 is 9.64 Å². The summed E-state index contributed by atoms with van der Waals surface area (Å²) in [6, 6.07) is 11.6. The number of rotatable bonds is 7. The number of alkyl halides is 2. The Labute approximate surface area is 142 Å². The van der Waals surface area contributed by atoms with Gasteiger partial charge in [-0.2, -0.15) is 8.78 Å². The highest BCUT2D eigenvalue weighted by molar-refractivity contribution is 7.99. The van der Waals surface area contributed by atoms with Gasteiger partial charge in [-0.25, -0.2) is 4.39 Å². The van der Waals surface area contributed by atoms with Gasteiger partial charge in [0.15, 0.2) is 0 Å². The molecule has 0 heterocycles. The summed E-state index contributed by atoms with van der Waals surface area (Å²) in [6.07, 6.45) is 0. The minimum atomic E-state index is -2.49. The molecule has 7 heteroatoms. The van der Waals surface area contributed by atoms with E-state index in [9.17, 15) is 18.0 Å². The molecule has 2 rings (SSSR count). The van der Waals surface area contributed by atoms with E-state index < -0.39 is 5.76 Å². The van der Waals surface area contributed by atoms with Crippen molar-refractivity contribution in [2.45, 2.75) is 10.7 Å². The molecule has 0 fully saturated rings. The first-order valence-corrected chi connectivity index (χ1v) is 8.02. The lowest BCUT2D eigenvalue weighted by molar-refractivity contribution is 0.0773. The molecule has 0 aliphatic rings. The van der Waals surface area contributed by atoms with E-state index >= 15 is 0 Å². The van der Waals surface area contributed by atoms with Crippen LogP contribution in [-0.2, 0) is 0 Å². The topological polar surface area (TPSA) is 29.5 Å². The van der Waals surface area contributed by atoms with Crippen molar-refractivity contribution in [2.75, 3.05) is 20.2 Å². The van der Waals surface area contributed by atoms with Crippen LogP contribution in [0.3, 0.4) is 0 Å². The molecular weight excluding hydrogens is 339 g/mol. The van der Waals surface area contributed by atoms with Crippen molar-refractivity contribution in [3.8, 4) is 5.75 Å². The highest BCUT2D eigenvalue weighted by atomic mass is 32.2. The maximum absolute atomic E-state index is 12.8. The van der Waals surface area contributed by atoms with Crippen LogP contribution in [0, 0.1) is 5.82 Å². The molecular formula is C17H16F3NO2S. The van der Waals surface area contributed by atoms with Crippen LogP contribution in [0.2, 0.25) is 0 Å². The zero-order valence-electron chi connectivity index (χ0n) is 12.9. The van der Waals surface area contributed by atoms with E-state index in [1.54, 1.807) is 7.05 Å². The van der Waals surface area contributed by atoms with Crippen LogP contribution in [-0.4, -0.2) is 36.8 Å². The maximum Gasteiger partial charge on any atom is 0.288 e. The molecule has 0 spiro atoms. The van der Waals surface area contributed by atoms with Gasteiger partial charge in [0, 0.05) is 17.5 Å². The molecule has 2 aromatic rings. The molecule has 0 radical (unpaired) electrons. The summed E-state index contributed by atoms with van der Waals surface area (Å²) in [5, 5.41) is 0. The van der Waals surface area contributed by atoms with Crippen LogP contribution in [0.4, 0.5) is 13.2 Å². The number of nitrogens with zero attached hydrogens (tertiary/aromatic N) is 1. The highest BCUT2D eigenvalue weighted by Gasteiger charge is 2.12. The van der Waals surface area contributed by atoms with E-state index in [0.717, 1.165) is 0 Å². The molecule has 2 aromatic carbocycles. The number of hydrogen-bond acceptors (Lipinski definition) is 3. The lowest BCUT2D eigenvalue weighted by atomic mass is 10.2. The summed E-state index contributed by atoms with van der Waals surface area (Å²) >= 11 is 0.435. The molecule has 0 saturated carbocycles. The Morgan fingerprint density at radius 2 is 1.75 bits per heavy atom. The van der Waals surface area contributed by atoms with Crippen LogP contribution < -0.4 is 4.74 Å². The van der Waals surface area contributed by atoms with Gasteiger partial charge in [0.1, 0.15) is 18.2 Å². The molecule has 0 saturated heterocycles. The summed E-state index contributed by atoms with van der Waals surface area (Å²) < 4.78 is 42.7. The third-order valence-electron chi connectivity index (χ3n) is 3.18. The molecule has 0 unspecified atom stereocenters. The number of benzene rings is 2. The Kier molecular flexibility index (Phi) is 6.54. The van der Waals surface area contributed by atoms with E-state index in [1.807, 2.05) is 0 Å². The number of ether oxygens (including phenoxy) is 1. The van der Waals surface area contributed by atoms with Crippen molar-refractivity contribution in [1.29, 1.82) is 0 Å². The van der Waals surface area contributed by atoms with E-state index in [1.165, 1.54) is 53.4 Å². The van der Waals surface area contributed by atoms with Crippen molar-refractivity contribution in [1.82, 2.24) is 4.90 Å². The average molecular weight is 355 g/mol. The van der Waals surface area contributed by atoms with Crippen molar-refractivity contribution >= 4 is 17.7 Å². The summed E-state index contributed by atoms with van der Waals surface area (Å²) in [4.78, 5) is 14.1. The number of likely N-dealkylation sites (N-methyl/N-ethyl adjacent to an activating group) is 1. The van der Waals surface area contributed by atoms with Crippen LogP contribution >= 0.6 is 11.8 Å². The van der Waals surface area contributed by atoms with Gasteiger partial charge in [0.05, 0.1) is 6.54 Å². The summed E-state index contributed by atoms with van der Waals surface area (Å²) in [5.74, 6) is -2.54. The van der Waals surface area contributed by atoms with Crippen molar-refractivity contribution in [2.24, 2.45) is 0 Å². The van der Waals surface area contributed by atoms with Crippen LogP contribution in [0.25, 0.3) is 0 Å². The van der Waals surface area contributed by atoms with Crippen molar-refractivity contribution in [3.63, 3.8) is 0 Å². The van der Waals surface area contributed by atoms with Gasteiger partial charge in [-0.15, -0.1) is 0 Å². The van der Waals surface area contributed by atoms with Crippen molar-refractivity contribution < 1.29 is 22.7 Å². The summed E-state index contributed by atoms with van der Waals surface area (Å²) in [6.45, 7) is 0.594. The smallest absolute Gasteiger partial charge is 0.288 e. The number of amides is 1. The van der Waals surface area contributed by atoms with Gasteiger partial charge in [-0.1, -0.05) is 11.8 Å². The molecule has 0 N–H and O–H groups in total. The lowest BCUT2D eigenvalue weighted by Gasteiger charge is -2.17. The summed E-state index contributed by atoms with van der Waals surface area (Å²) in [5.41, 5.74) is 0.415. The Morgan fingerprint density at radius 1 is 1.12 bits per heavy atom.